The zero-order chi connectivity index (χ0) is 48.0. The average Bonchev–Trinajstić information content (AvgIpc) is 3.96. The largest absolute Gasteiger partial charge is 0.310 e. The Morgan fingerprint density at radius 2 is 0.681 bits per heavy atom. The number of anilines is 6. The van der Waals surface area contributed by atoms with Crippen molar-refractivity contribution in [1.29, 1.82) is 5.26 Å². The van der Waals surface area contributed by atoms with E-state index < -0.39 is 0 Å². The predicted octanol–water partition coefficient (Wildman–Crippen LogP) is 17.4. The van der Waals surface area contributed by atoms with Gasteiger partial charge in [-0.1, -0.05) is 121 Å². The van der Waals surface area contributed by atoms with E-state index >= 15 is 0 Å². The highest BCUT2D eigenvalue weighted by molar-refractivity contribution is 6.13. The molecule has 10 aromatic carbocycles. The van der Waals surface area contributed by atoms with Crippen LogP contribution in [-0.2, 0) is 0 Å². The molecule has 338 valence electrons. The van der Waals surface area contributed by atoms with E-state index in [-0.39, 0.29) is 0 Å². The number of pyridine rings is 1. The van der Waals surface area contributed by atoms with Crippen molar-refractivity contribution in [2.45, 2.75) is 0 Å². The van der Waals surface area contributed by atoms with E-state index in [1.54, 1.807) is 0 Å². The fourth-order valence-electron chi connectivity index (χ4n) is 10.6. The molecule has 0 bridgehead atoms. The lowest BCUT2D eigenvalue weighted by Gasteiger charge is -2.26. The number of fused-ring (bicyclic) bond motifs is 6. The minimum absolute atomic E-state index is 0.613. The summed E-state index contributed by atoms with van der Waals surface area (Å²) >= 11 is 0. The standard InChI is InChI=1S/C66H44N6/c67-45-46-29-31-47(32-30-46)57-43-65(71-61-27-15-13-25-55(61)59-41-53(33-35-63(59)71)69(49-17-5-1-6-18-49)50-19-7-2-8-20-50)66(44-58(57)48-37-39-68-40-38-48)72-62-28-16-14-26-56(62)60-42-54(34-36-64(60)72)70(51-21-9-3-10-22-51)52-23-11-4-12-24-52/h1-44H. The van der Waals surface area contributed by atoms with Gasteiger partial charge in [-0.2, -0.15) is 5.26 Å². The summed E-state index contributed by atoms with van der Waals surface area (Å²) in [5, 5.41) is 14.5. The number of nitrogens with zero attached hydrogens (tertiary/aromatic N) is 6. The lowest BCUT2D eigenvalue weighted by molar-refractivity contribution is 1.10. The normalized spacial score (nSPS) is 11.3. The van der Waals surface area contributed by atoms with Gasteiger partial charge >= 0.3 is 0 Å². The van der Waals surface area contributed by atoms with Crippen LogP contribution in [0.3, 0.4) is 0 Å². The van der Waals surface area contributed by atoms with Crippen molar-refractivity contribution in [2.24, 2.45) is 0 Å². The number of benzene rings is 10. The molecule has 0 N–H and O–H groups in total. The molecule has 0 fully saturated rings. The maximum absolute atomic E-state index is 9.90. The fourth-order valence-corrected chi connectivity index (χ4v) is 10.6. The minimum Gasteiger partial charge on any atom is -0.310 e. The van der Waals surface area contributed by atoms with Gasteiger partial charge in [-0.3, -0.25) is 4.98 Å². The van der Waals surface area contributed by atoms with E-state index in [1.165, 1.54) is 0 Å². The van der Waals surface area contributed by atoms with Crippen LogP contribution in [0.4, 0.5) is 34.1 Å². The van der Waals surface area contributed by atoms with Gasteiger partial charge in [0.2, 0.25) is 0 Å². The second kappa shape index (κ2) is 17.8. The Kier molecular flexibility index (Phi) is 10.5. The molecule has 0 spiro atoms. The van der Waals surface area contributed by atoms with Crippen molar-refractivity contribution in [1.82, 2.24) is 14.1 Å². The number of nitriles is 1. The highest BCUT2D eigenvalue weighted by atomic mass is 15.2. The summed E-state index contributed by atoms with van der Waals surface area (Å²) in [6.07, 6.45) is 3.72. The molecule has 3 heterocycles. The van der Waals surface area contributed by atoms with Crippen molar-refractivity contribution in [3.05, 3.63) is 273 Å². The second-order valence-electron chi connectivity index (χ2n) is 17.9. The molecule has 0 aliphatic rings. The molecule has 0 unspecified atom stereocenters. The molecule has 0 aliphatic heterocycles. The van der Waals surface area contributed by atoms with Crippen molar-refractivity contribution in [3.63, 3.8) is 0 Å². The Morgan fingerprint density at radius 3 is 1.08 bits per heavy atom. The first-order valence-electron chi connectivity index (χ1n) is 24.2. The third-order valence-corrected chi connectivity index (χ3v) is 13.8. The fraction of sp³-hybridized carbons (Fsp3) is 0. The van der Waals surface area contributed by atoms with Gasteiger partial charge in [0, 0.05) is 68.1 Å². The van der Waals surface area contributed by atoms with Gasteiger partial charge in [0.05, 0.1) is 45.1 Å². The van der Waals surface area contributed by atoms with Crippen LogP contribution in [-0.4, -0.2) is 14.1 Å². The van der Waals surface area contributed by atoms with Gasteiger partial charge in [0.15, 0.2) is 0 Å². The summed E-state index contributed by atoms with van der Waals surface area (Å²) in [5.41, 5.74) is 17.6. The van der Waals surface area contributed by atoms with Crippen molar-refractivity contribution in [2.75, 3.05) is 9.80 Å². The molecule has 72 heavy (non-hydrogen) atoms. The van der Waals surface area contributed by atoms with Gasteiger partial charge in [-0.25, -0.2) is 0 Å². The van der Waals surface area contributed by atoms with Gasteiger partial charge in [-0.05, 0) is 156 Å². The minimum atomic E-state index is 0.613. The van der Waals surface area contributed by atoms with Crippen LogP contribution >= 0.6 is 0 Å². The van der Waals surface area contributed by atoms with Crippen LogP contribution in [0.25, 0.3) is 77.2 Å². The van der Waals surface area contributed by atoms with Crippen LogP contribution in [0.5, 0.6) is 0 Å². The van der Waals surface area contributed by atoms with E-state index in [0.717, 1.165) is 111 Å². The van der Waals surface area contributed by atoms with Gasteiger partial charge in [-0.15, -0.1) is 0 Å². The molecule has 13 rings (SSSR count). The topological polar surface area (TPSA) is 53.0 Å². The van der Waals surface area contributed by atoms with Crippen molar-refractivity contribution < 1.29 is 0 Å². The summed E-state index contributed by atoms with van der Waals surface area (Å²) in [6.45, 7) is 0. The Labute approximate surface area is 417 Å². The van der Waals surface area contributed by atoms with Crippen LogP contribution in [0.1, 0.15) is 5.56 Å². The monoisotopic (exact) mass is 920 g/mol. The molecule has 6 heteroatoms. The van der Waals surface area contributed by atoms with Gasteiger partial charge < -0.3 is 18.9 Å². The molecule has 13 aromatic rings. The van der Waals surface area contributed by atoms with Crippen molar-refractivity contribution >= 4 is 77.7 Å². The Bertz CT molecular complexity index is 4060. The maximum atomic E-state index is 9.90. The van der Waals surface area contributed by atoms with Crippen molar-refractivity contribution in [3.8, 4) is 39.7 Å². The Hall–Kier alpha value is -9.96. The van der Waals surface area contributed by atoms with Gasteiger partial charge in [0.25, 0.3) is 0 Å². The number of aromatic nitrogens is 3. The molecule has 0 saturated heterocycles. The first-order chi connectivity index (χ1) is 35.7. The summed E-state index contributed by atoms with van der Waals surface area (Å²) in [7, 11) is 0. The molecule has 0 amide bonds. The Balaban J connectivity index is 1.12. The third kappa shape index (κ3) is 7.24. The SMILES string of the molecule is N#Cc1ccc(-c2cc(-n3c4ccccc4c4cc(N(c5ccccc5)c5ccccc5)ccc43)c(-n3c4ccccc4c4cc(N(c5ccccc5)c5ccccc5)ccc43)cc2-c2ccncc2)cc1. The zero-order valence-electron chi connectivity index (χ0n) is 39.1. The summed E-state index contributed by atoms with van der Waals surface area (Å²) < 4.78 is 4.90. The second-order valence-corrected chi connectivity index (χ2v) is 17.9. The number of hydrogen-bond donors (Lipinski definition) is 0. The predicted molar refractivity (Wildman–Crippen MR) is 298 cm³/mol. The number of para-hydroxylation sites is 6. The van der Waals surface area contributed by atoms with Gasteiger partial charge in [0.1, 0.15) is 0 Å². The maximum Gasteiger partial charge on any atom is 0.0991 e. The lowest BCUT2D eigenvalue weighted by Crippen LogP contribution is -2.10. The van der Waals surface area contributed by atoms with E-state index in [2.05, 4.69) is 273 Å². The summed E-state index contributed by atoms with van der Waals surface area (Å²) in [6, 6.07) is 92.7. The third-order valence-electron chi connectivity index (χ3n) is 13.8. The smallest absolute Gasteiger partial charge is 0.0991 e. The lowest BCUT2D eigenvalue weighted by atomic mass is 9.93. The van der Waals surface area contributed by atoms with E-state index in [0.29, 0.717) is 5.56 Å². The molecule has 0 aliphatic carbocycles. The van der Waals surface area contributed by atoms with Crippen LogP contribution in [0, 0.1) is 11.3 Å². The van der Waals surface area contributed by atoms with E-state index in [1.807, 2.05) is 24.5 Å². The first kappa shape index (κ1) is 42.2. The number of hydrogen-bond acceptors (Lipinski definition) is 4. The van der Waals surface area contributed by atoms with Crippen LogP contribution < -0.4 is 9.80 Å². The molecule has 0 radical (unpaired) electrons. The zero-order valence-corrected chi connectivity index (χ0v) is 39.1. The number of rotatable bonds is 10. The molecule has 3 aromatic heterocycles. The summed E-state index contributed by atoms with van der Waals surface area (Å²) in [5.74, 6) is 0. The first-order valence-corrected chi connectivity index (χ1v) is 24.2. The summed E-state index contributed by atoms with van der Waals surface area (Å²) in [4.78, 5) is 9.10. The molecule has 6 nitrogen and oxygen atoms in total. The highest BCUT2D eigenvalue weighted by Crippen LogP contribution is 2.46. The molecular weight excluding hydrogens is 877 g/mol. The van der Waals surface area contributed by atoms with Crippen LogP contribution in [0.2, 0.25) is 0 Å². The molecular formula is C66H44N6. The molecule has 0 atom stereocenters. The van der Waals surface area contributed by atoms with E-state index in [4.69, 9.17) is 0 Å². The van der Waals surface area contributed by atoms with E-state index in [9.17, 15) is 5.26 Å². The quantitative estimate of drug-likeness (QED) is 0.137. The average molecular weight is 921 g/mol. The van der Waals surface area contributed by atoms with Crippen LogP contribution in [0.15, 0.2) is 267 Å². The highest BCUT2D eigenvalue weighted by Gasteiger charge is 2.25. The molecule has 0 saturated carbocycles. The Morgan fingerprint density at radius 1 is 0.319 bits per heavy atom.